The van der Waals surface area contributed by atoms with Crippen LogP contribution in [0.4, 0.5) is 0 Å². The third-order valence-corrected chi connectivity index (χ3v) is 4.48. The van der Waals surface area contributed by atoms with Gasteiger partial charge in [-0.2, -0.15) is 8.42 Å². The number of nitrogens with zero attached hydrogens (tertiary/aromatic N) is 1. The molecule has 5 nitrogen and oxygen atoms in total. The number of amides is 1. The number of rotatable bonds is 8. The fraction of sp³-hybridized carbons (Fsp3) is 0.350. The zero-order chi connectivity index (χ0) is 19.2. The molecule has 0 aliphatic carbocycles. The summed E-state index contributed by atoms with van der Waals surface area (Å²) >= 11 is 0. The molecule has 0 aliphatic rings. The van der Waals surface area contributed by atoms with Crippen LogP contribution in [0.5, 0.6) is 5.75 Å². The summed E-state index contributed by atoms with van der Waals surface area (Å²) in [7, 11) is -3.54. The smallest absolute Gasteiger partial charge is 0.306 e. The van der Waals surface area contributed by atoms with E-state index in [-0.39, 0.29) is 11.7 Å². The number of carbonyl (C=O) groups excluding carboxylic acids is 1. The molecule has 0 fully saturated rings. The van der Waals surface area contributed by atoms with Gasteiger partial charge in [-0.3, -0.25) is 4.79 Å². The first-order chi connectivity index (χ1) is 12.3. The summed E-state index contributed by atoms with van der Waals surface area (Å²) in [6, 6.07) is 14.3. The Kier molecular flexibility index (Phi) is 6.80. The highest BCUT2D eigenvalue weighted by molar-refractivity contribution is 7.86. The van der Waals surface area contributed by atoms with E-state index in [4.69, 9.17) is 4.18 Å². The number of hydrogen-bond donors (Lipinski definition) is 0. The normalized spacial score (nSPS) is 11.2. The molecular formula is C20H25NO4S. The lowest BCUT2D eigenvalue weighted by Crippen LogP contribution is -2.32. The first-order valence-electron chi connectivity index (χ1n) is 8.63. The summed E-state index contributed by atoms with van der Waals surface area (Å²) in [5.74, 6) is 0.273. The van der Waals surface area contributed by atoms with Gasteiger partial charge < -0.3 is 9.08 Å². The third-order valence-electron chi connectivity index (χ3n) is 3.99. The molecule has 0 atom stereocenters. The minimum atomic E-state index is -3.54. The Morgan fingerprint density at radius 2 is 1.73 bits per heavy atom. The summed E-state index contributed by atoms with van der Waals surface area (Å²) in [5, 5.41) is 0. The van der Waals surface area contributed by atoms with Gasteiger partial charge in [-0.25, -0.2) is 0 Å². The van der Waals surface area contributed by atoms with Gasteiger partial charge in [0.05, 0.1) is 6.26 Å². The Morgan fingerprint density at radius 3 is 2.31 bits per heavy atom. The van der Waals surface area contributed by atoms with E-state index in [1.165, 1.54) is 0 Å². The van der Waals surface area contributed by atoms with Crippen LogP contribution >= 0.6 is 0 Å². The van der Waals surface area contributed by atoms with E-state index in [9.17, 15) is 13.2 Å². The van der Waals surface area contributed by atoms with Crippen LogP contribution in [0.15, 0.2) is 48.5 Å². The Hall–Kier alpha value is -2.34. The molecule has 2 rings (SSSR count). The molecule has 0 spiro atoms. The first-order valence-corrected chi connectivity index (χ1v) is 10.4. The summed E-state index contributed by atoms with van der Waals surface area (Å²) in [5.41, 5.74) is 2.58. The molecule has 0 aliphatic heterocycles. The van der Waals surface area contributed by atoms with Gasteiger partial charge in [0.15, 0.2) is 0 Å². The van der Waals surface area contributed by atoms with Crippen LogP contribution in [0.1, 0.15) is 41.3 Å². The molecule has 2 aromatic carbocycles. The van der Waals surface area contributed by atoms with Crippen LogP contribution in [-0.4, -0.2) is 32.0 Å². The van der Waals surface area contributed by atoms with Crippen molar-refractivity contribution in [2.45, 2.75) is 33.2 Å². The van der Waals surface area contributed by atoms with Crippen LogP contribution < -0.4 is 4.18 Å². The lowest BCUT2D eigenvalue weighted by Gasteiger charge is -2.23. The number of carbonyl (C=O) groups is 1. The quantitative estimate of drug-likeness (QED) is 0.659. The second-order valence-electron chi connectivity index (χ2n) is 6.33. The highest BCUT2D eigenvalue weighted by Crippen LogP contribution is 2.18. The molecule has 0 bridgehead atoms. The first kappa shape index (κ1) is 20.0. The second-order valence-corrected chi connectivity index (χ2v) is 7.90. The van der Waals surface area contributed by atoms with E-state index in [0.717, 1.165) is 30.2 Å². The van der Waals surface area contributed by atoms with Crippen LogP contribution in [0, 0.1) is 6.92 Å². The predicted octanol–water partition coefficient (Wildman–Crippen LogP) is 3.78. The predicted molar refractivity (Wildman–Crippen MR) is 103 cm³/mol. The fourth-order valence-corrected chi connectivity index (χ4v) is 3.09. The van der Waals surface area contributed by atoms with Gasteiger partial charge in [0.2, 0.25) is 0 Å². The van der Waals surface area contributed by atoms with E-state index >= 15 is 0 Å². The highest BCUT2D eigenvalue weighted by atomic mass is 32.2. The fourth-order valence-electron chi connectivity index (χ4n) is 2.63. The number of hydrogen-bond acceptors (Lipinski definition) is 4. The van der Waals surface area contributed by atoms with Crippen molar-refractivity contribution in [1.29, 1.82) is 0 Å². The van der Waals surface area contributed by atoms with Gasteiger partial charge in [-0.05, 0) is 42.7 Å². The minimum Gasteiger partial charge on any atom is -0.383 e. The maximum Gasteiger partial charge on any atom is 0.306 e. The molecule has 0 saturated carbocycles. The van der Waals surface area contributed by atoms with Gasteiger partial charge >= 0.3 is 10.1 Å². The molecule has 140 valence electrons. The van der Waals surface area contributed by atoms with Crippen molar-refractivity contribution in [3.05, 3.63) is 65.2 Å². The van der Waals surface area contributed by atoms with Gasteiger partial charge in [0, 0.05) is 18.7 Å². The van der Waals surface area contributed by atoms with Crippen molar-refractivity contribution >= 4 is 16.0 Å². The number of unbranched alkanes of at least 4 members (excludes halogenated alkanes) is 1. The molecule has 0 heterocycles. The van der Waals surface area contributed by atoms with Crippen molar-refractivity contribution in [3.8, 4) is 5.75 Å². The van der Waals surface area contributed by atoms with Crippen molar-refractivity contribution in [3.63, 3.8) is 0 Å². The standard InChI is InChI=1S/C20H25NO4S/c1-4-5-14-21(20(22)19-9-7-6-8-16(19)2)15-17-10-12-18(13-11-17)25-26(3,23)24/h6-13H,4-5,14-15H2,1-3H3. The summed E-state index contributed by atoms with van der Waals surface area (Å²) in [4.78, 5) is 14.8. The van der Waals surface area contributed by atoms with Gasteiger partial charge in [-0.15, -0.1) is 0 Å². The van der Waals surface area contributed by atoms with Gasteiger partial charge in [0.1, 0.15) is 5.75 Å². The van der Waals surface area contributed by atoms with Crippen LogP contribution in [0.3, 0.4) is 0 Å². The third kappa shape index (κ3) is 5.88. The van der Waals surface area contributed by atoms with Crippen molar-refractivity contribution in [2.75, 3.05) is 12.8 Å². The zero-order valence-electron chi connectivity index (χ0n) is 15.4. The average molecular weight is 375 g/mol. The van der Waals surface area contributed by atoms with E-state index in [1.54, 1.807) is 24.3 Å². The van der Waals surface area contributed by atoms with Crippen molar-refractivity contribution in [2.24, 2.45) is 0 Å². The van der Waals surface area contributed by atoms with Crippen molar-refractivity contribution < 1.29 is 17.4 Å². The second kappa shape index (κ2) is 8.85. The molecule has 0 unspecified atom stereocenters. The molecule has 0 radical (unpaired) electrons. The maximum absolute atomic E-state index is 13.0. The van der Waals surface area contributed by atoms with E-state index in [1.807, 2.05) is 36.1 Å². The van der Waals surface area contributed by atoms with Gasteiger partial charge in [0.25, 0.3) is 5.91 Å². The van der Waals surface area contributed by atoms with Crippen LogP contribution in [0.25, 0.3) is 0 Å². The largest absolute Gasteiger partial charge is 0.383 e. The Morgan fingerprint density at radius 1 is 1.08 bits per heavy atom. The van der Waals surface area contributed by atoms with Crippen LogP contribution in [-0.2, 0) is 16.7 Å². The molecule has 0 saturated heterocycles. The van der Waals surface area contributed by atoms with Crippen molar-refractivity contribution in [1.82, 2.24) is 4.90 Å². The zero-order valence-corrected chi connectivity index (χ0v) is 16.3. The molecule has 1 amide bonds. The highest BCUT2D eigenvalue weighted by Gasteiger charge is 2.17. The van der Waals surface area contributed by atoms with E-state index in [2.05, 4.69) is 6.92 Å². The lowest BCUT2D eigenvalue weighted by molar-refractivity contribution is 0.0740. The Balaban J connectivity index is 2.17. The van der Waals surface area contributed by atoms with Gasteiger partial charge in [-0.1, -0.05) is 43.7 Å². The summed E-state index contributed by atoms with van der Waals surface area (Å²) in [6.45, 7) is 5.16. The average Bonchev–Trinajstić information content (AvgIpc) is 2.58. The molecule has 26 heavy (non-hydrogen) atoms. The molecular weight excluding hydrogens is 350 g/mol. The molecule has 0 N–H and O–H groups in total. The monoisotopic (exact) mass is 375 g/mol. The van der Waals surface area contributed by atoms with E-state index in [0.29, 0.717) is 18.7 Å². The molecule has 0 aromatic heterocycles. The Labute approximate surface area is 155 Å². The summed E-state index contributed by atoms with van der Waals surface area (Å²) < 4.78 is 27.2. The van der Waals surface area contributed by atoms with Crippen LogP contribution in [0.2, 0.25) is 0 Å². The SMILES string of the molecule is CCCCN(Cc1ccc(OS(C)(=O)=O)cc1)C(=O)c1ccccc1C. The maximum atomic E-state index is 13.0. The number of benzene rings is 2. The molecule has 6 heteroatoms. The lowest BCUT2D eigenvalue weighted by atomic mass is 10.1. The Bertz CT molecular complexity index is 844. The summed E-state index contributed by atoms with van der Waals surface area (Å²) in [6.07, 6.45) is 2.93. The topological polar surface area (TPSA) is 63.7 Å². The number of aryl methyl sites for hydroxylation is 1. The molecule has 2 aromatic rings. The van der Waals surface area contributed by atoms with E-state index < -0.39 is 10.1 Å². The minimum absolute atomic E-state index is 0.00742.